The van der Waals surface area contributed by atoms with E-state index in [1.165, 1.54) is 6.26 Å². The summed E-state index contributed by atoms with van der Waals surface area (Å²) in [6.07, 6.45) is 2.99. The zero-order valence-electron chi connectivity index (χ0n) is 11.7. The first-order valence-corrected chi connectivity index (χ1v) is 8.28. The fourth-order valence-corrected chi connectivity index (χ4v) is 3.02. The monoisotopic (exact) mass is 297 g/mol. The Bertz CT molecular complexity index is 707. The first kappa shape index (κ1) is 14.8. The molecule has 2 rings (SSSR count). The maximum absolute atomic E-state index is 11.8. The first-order chi connectivity index (χ1) is 9.45. The number of aryl methyl sites for hydroxylation is 1. The quantitative estimate of drug-likeness (QED) is 0.815. The summed E-state index contributed by atoms with van der Waals surface area (Å²) in [6.45, 7) is 1.39. The summed E-state index contributed by atoms with van der Waals surface area (Å²) in [7, 11) is -1.65. The van der Waals surface area contributed by atoms with E-state index >= 15 is 0 Å². The molecule has 0 fully saturated rings. The maximum Gasteiger partial charge on any atom is 0.201 e. The Morgan fingerprint density at radius 1 is 1.35 bits per heavy atom. The van der Waals surface area contributed by atoms with Crippen LogP contribution in [0.5, 0.6) is 0 Å². The van der Waals surface area contributed by atoms with Crippen LogP contribution < -0.4 is 5.73 Å². The highest BCUT2D eigenvalue weighted by Crippen LogP contribution is 2.25. The van der Waals surface area contributed by atoms with E-state index in [2.05, 4.69) is 4.98 Å². The number of ether oxygens (including phenoxy) is 1. The number of benzene rings is 1. The standard InChI is InChI=1S/C13H19N3O3S/c1-19-9-4-3-8-16-10-6-5-7-11(20(2,17)18)12(10)15-13(16)14/h5-7H,3-4,8-9H2,1-2H3,(H2,14,15). The number of anilines is 1. The molecule has 0 aliphatic heterocycles. The third-order valence-corrected chi connectivity index (χ3v) is 4.28. The fourth-order valence-electron chi connectivity index (χ4n) is 2.19. The molecule has 20 heavy (non-hydrogen) atoms. The molecule has 0 amide bonds. The molecule has 0 aliphatic carbocycles. The summed E-state index contributed by atoms with van der Waals surface area (Å²) in [4.78, 5) is 4.43. The molecule has 1 aromatic heterocycles. The molecular weight excluding hydrogens is 278 g/mol. The average molecular weight is 297 g/mol. The molecule has 0 bridgehead atoms. The van der Waals surface area contributed by atoms with Crippen LogP contribution in [0, 0.1) is 0 Å². The van der Waals surface area contributed by atoms with Crippen LogP contribution in [0.25, 0.3) is 11.0 Å². The van der Waals surface area contributed by atoms with Gasteiger partial charge in [0.05, 0.1) is 10.4 Å². The number of hydrogen-bond acceptors (Lipinski definition) is 5. The van der Waals surface area contributed by atoms with Crippen molar-refractivity contribution in [3.63, 3.8) is 0 Å². The van der Waals surface area contributed by atoms with E-state index in [4.69, 9.17) is 10.5 Å². The van der Waals surface area contributed by atoms with Crippen molar-refractivity contribution < 1.29 is 13.2 Å². The van der Waals surface area contributed by atoms with E-state index in [9.17, 15) is 8.42 Å². The molecule has 1 heterocycles. The summed E-state index contributed by atoms with van der Waals surface area (Å²) in [5.74, 6) is 0.341. The molecule has 0 radical (unpaired) electrons. The number of nitrogens with zero attached hydrogens (tertiary/aromatic N) is 2. The summed E-state index contributed by atoms with van der Waals surface area (Å²) < 4.78 is 30.4. The molecule has 6 nitrogen and oxygen atoms in total. The summed E-state index contributed by atoms with van der Waals surface area (Å²) in [6, 6.07) is 5.11. The Balaban J connectivity index is 2.40. The third kappa shape index (κ3) is 2.94. The number of unbranched alkanes of at least 4 members (excludes halogenated alkanes) is 1. The lowest BCUT2D eigenvalue weighted by atomic mass is 10.3. The maximum atomic E-state index is 11.8. The van der Waals surface area contributed by atoms with E-state index in [0.717, 1.165) is 18.4 Å². The van der Waals surface area contributed by atoms with E-state index in [1.807, 2.05) is 10.6 Å². The summed E-state index contributed by atoms with van der Waals surface area (Å²) >= 11 is 0. The predicted octanol–water partition coefficient (Wildman–Crippen LogP) is 1.45. The first-order valence-electron chi connectivity index (χ1n) is 6.39. The van der Waals surface area contributed by atoms with Crippen molar-refractivity contribution >= 4 is 26.8 Å². The number of aromatic nitrogens is 2. The second kappa shape index (κ2) is 5.80. The molecule has 2 aromatic rings. The number of hydrogen-bond donors (Lipinski definition) is 1. The second-order valence-electron chi connectivity index (χ2n) is 4.72. The lowest BCUT2D eigenvalue weighted by Crippen LogP contribution is -2.04. The van der Waals surface area contributed by atoms with Gasteiger partial charge >= 0.3 is 0 Å². The largest absolute Gasteiger partial charge is 0.385 e. The molecular formula is C13H19N3O3S. The molecule has 0 atom stereocenters. The van der Waals surface area contributed by atoms with Gasteiger partial charge in [0.15, 0.2) is 9.84 Å². The number of fused-ring (bicyclic) bond motifs is 1. The van der Waals surface area contributed by atoms with E-state index in [0.29, 0.717) is 24.6 Å². The van der Waals surface area contributed by atoms with Crippen LogP contribution in [0.15, 0.2) is 23.1 Å². The van der Waals surface area contributed by atoms with Gasteiger partial charge in [0.2, 0.25) is 5.95 Å². The van der Waals surface area contributed by atoms with Crippen molar-refractivity contribution in [3.05, 3.63) is 18.2 Å². The molecule has 7 heteroatoms. The average Bonchev–Trinajstić information content (AvgIpc) is 2.69. The molecule has 0 saturated heterocycles. The van der Waals surface area contributed by atoms with Crippen LogP contribution in [0.4, 0.5) is 5.95 Å². The van der Waals surface area contributed by atoms with Crippen molar-refractivity contribution in [3.8, 4) is 0 Å². The lowest BCUT2D eigenvalue weighted by molar-refractivity contribution is 0.191. The minimum atomic E-state index is -3.31. The van der Waals surface area contributed by atoms with Gasteiger partial charge in [-0.3, -0.25) is 0 Å². The highest BCUT2D eigenvalue weighted by atomic mass is 32.2. The van der Waals surface area contributed by atoms with Gasteiger partial charge in [-0.25, -0.2) is 13.4 Å². The van der Waals surface area contributed by atoms with Crippen LogP contribution in [0.2, 0.25) is 0 Å². The molecule has 0 saturated carbocycles. The van der Waals surface area contributed by atoms with Gasteiger partial charge in [0.25, 0.3) is 0 Å². The number of rotatable bonds is 6. The van der Waals surface area contributed by atoms with Crippen LogP contribution in [0.1, 0.15) is 12.8 Å². The number of nitrogen functional groups attached to an aromatic ring is 1. The van der Waals surface area contributed by atoms with Crippen molar-refractivity contribution in [2.24, 2.45) is 0 Å². The van der Waals surface area contributed by atoms with Crippen LogP contribution in [-0.2, 0) is 21.1 Å². The van der Waals surface area contributed by atoms with E-state index in [-0.39, 0.29) is 4.90 Å². The van der Waals surface area contributed by atoms with Crippen LogP contribution in [0.3, 0.4) is 0 Å². The smallest absolute Gasteiger partial charge is 0.201 e. The normalized spacial score (nSPS) is 12.1. The van der Waals surface area contributed by atoms with E-state index < -0.39 is 9.84 Å². The zero-order chi connectivity index (χ0) is 14.8. The van der Waals surface area contributed by atoms with Gasteiger partial charge in [-0.1, -0.05) is 6.07 Å². The molecule has 0 aliphatic rings. The third-order valence-electron chi connectivity index (χ3n) is 3.15. The van der Waals surface area contributed by atoms with Crippen molar-refractivity contribution in [2.75, 3.05) is 25.7 Å². The second-order valence-corrected chi connectivity index (χ2v) is 6.70. The highest BCUT2D eigenvalue weighted by Gasteiger charge is 2.17. The SMILES string of the molecule is COCCCCn1c(N)nc2c(S(C)(=O)=O)cccc21. The van der Waals surface area contributed by atoms with Gasteiger partial charge in [0.1, 0.15) is 5.52 Å². The molecule has 0 unspecified atom stereocenters. The molecule has 1 aromatic carbocycles. The Morgan fingerprint density at radius 2 is 2.10 bits per heavy atom. The Kier molecular flexibility index (Phi) is 4.29. The highest BCUT2D eigenvalue weighted by molar-refractivity contribution is 7.91. The van der Waals surface area contributed by atoms with Crippen LogP contribution in [-0.4, -0.2) is 37.9 Å². The fraction of sp³-hybridized carbons (Fsp3) is 0.462. The van der Waals surface area contributed by atoms with Crippen LogP contribution >= 0.6 is 0 Å². The van der Waals surface area contributed by atoms with Gasteiger partial charge in [0, 0.05) is 26.5 Å². The van der Waals surface area contributed by atoms with Gasteiger partial charge in [-0.2, -0.15) is 0 Å². The van der Waals surface area contributed by atoms with Crippen molar-refractivity contribution in [2.45, 2.75) is 24.3 Å². The number of sulfone groups is 1. The number of imidazole rings is 1. The minimum absolute atomic E-state index is 0.220. The Morgan fingerprint density at radius 3 is 2.75 bits per heavy atom. The molecule has 2 N–H and O–H groups in total. The number of nitrogens with two attached hydrogens (primary N) is 1. The molecule has 110 valence electrons. The summed E-state index contributed by atoms with van der Waals surface area (Å²) in [5.41, 5.74) is 7.10. The minimum Gasteiger partial charge on any atom is -0.385 e. The lowest BCUT2D eigenvalue weighted by Gasteiger charge is -2.06. The van der Waals surface area contributed by atoms with Crippen molar-refractivity contribution in [1.82, 2.24) is 9.55 Å². The van der Waals surface area contributed by atoms with Gasteiger partial charge < -0.3 is 15.0 Å². The summed E-state index contributed by atoms with van der Waals surface area (Å²) in [5, 5.41) is 0. The van der Waals surface area contributed by atoms with Crippen molar-refractivity contribution in [1.29, 1.82) is 0 Å². The predicted molar refractivity (Wildman–Crippen MR) is 78.4 cm³/mol. The number of para-hydroxylation sites is 1. The van der Waals surface area contributed by atoms with Gasteiger partial charge in [-0.15, -0.1) is 0 Å². The zero-order valence-corrected chi connectivity index (χ0v) is 12.5. The van der Waals surface area contributed by atoms with Gasteiger partial charge in [-0.05, 0) is 25.0 Å². The number of methoxy groups -OCH3 is 1. The Labute approximate surface area is 118 Å². The Hall–Kier alpha value is -1.60. The topological polar surface area (TPSA) is 87.2 Å². The molecule has 0 spiro atoms. The van der Waals surface area contributed by atoms with E-state index in [1.54, 1.807) is 19.2 Å².